The number of likely N-dealkylation sites (N-methyl/N-ethyl adjacent to an activating group) is 1. The first kappa shape index (κ1) is 21.0. The summed E-state index contributed by atoms with van der Waals surface area (Å²) in [6, 6.07) is 1.20. The van der Waals surface area contributed by atoms with E-state index >= 15 is 0 Å². The maximum atomic E-state index is 4.41. The highest BCUT2D eigenvalue weighted by Gasteiger charge is 2.25. The lowest BCUT2D eigenvalue weighted by atomic mass is 10.0. The van der Waals surface area contributed by atoms with Crippen molar-refractivity contribution in [3.05, 3.63) is 0 Å². The average Bonchev–Trinajstić information content (AvgIpc) is 3.00. The topological polar surface area (TPSA) is 42.9 Å². The van der Waals surface area contributed by atoms with Crippen LogP contribution in [-0.2, 0) is 0 Å². The lowest BCUT2D eigenvalue weighted by Gasteiger charge is -2.40. The molecule has 1 atom stereocenters. The molecule has 0 bridgehead atoms. The molecule has 2 N–H and O–H groups in total. The number of aliphatic imine (C=N–C) groups is 1. The minimum absolute atomic E-state index is 0. The monoisotopic (exact) mass is 437 g/mol. The normalized spacial score (nSPS) is 22.9. The SMILES string of the molecule is CN=C(NCC(C(C)C)N1CCN(C)CC1)NC1CCCC1.I. The first-order valence-electron chi connectivity index (χ1n) is 9.00. The van der Waals surface area contributed by atoms with Crippen LogP contribution in [0.1, 0.15) is 39.5 Å². The molecule has 23 heavy (non-hydrogen) atoms. The van der Waals surface area contributed by atoms with Crippen LogP contribution in [0.5, 0.6) is 0 Å². The van der Waals surface area contributed by atoms with Crippen molar-refractivity contribution >= 4 is 29.9 Å². The summed E-state index contributed by atoms with van der Waals surface area (Å²) in [5, 5.41) is 7.15. The van der Waals surface area contributed by atoms with E-state index in [0.717, 1.165) is 12.5 Å². The Labute approximate surface area is 159 Å². The average molecular weight is 437 g/mol. The van der Waals surface area contributed by atoms with Gasteiger partial charge in [0.05, 0.1) is 0 Å². The van der Waals surface area contributed by atoms with Gasteiger partial charge in [-0.1, -0.05) is 26.7 Å². The molecule has 2 rings (SSSR count). The van der Waals surface area contributed by atoms with Crippen molar-refractivity contribution in [2.24, 2.45) is 10.9 Å². The van der Waals surface area contributed by atoms with Gasteiger partial charge in [0.1, 0.15) is 0 Å². The van der Waals surface area contributed by atoms with Gasteiger partial charge in [-0.15, -0.1) is 24.0 Å². The summed E-state index contributed by atoms with van der Waals surface area (Å²) in [6.07, 6.45) is 5.27. The number of rotatable bonds is 5. The molecule has 0 aromatic rings. The summed E-state index contributed by atoms with van der Waals surface area (Å²) in [4.78, 5) is 9.47. The van der Waals surface area contributed by atoms with E-state index in [1.807, 2.05) is 7.05 Å². The predicted octanol–water partition coefficient (Wildman–Crippen LogP) is 1.98. The zero-order valence-electron chi connectivity index (χ0n) is 15.3. The first-order valence-corrected chi connectivity index (χ1v) is 9.00. The van der Waals surface area contributed by atoms with Gasteiger partial charge in [0.15, 0.2) is 5.96 Å². The summed E-state index contributed by atoms with van der Waals surface area (Å²) in [6.45, 7) is 10.4. The second-order valence-electron chi connectivity index (χ2n) is 7.23. The van der Waals surface area contributed by atoms with Gasteiger partial charge in [-0.3, -0.25) is 9.89 Å². The number of hydrogen-bond donors (Lipinski definition) is 2. The minimum Gasteiger partial charge on any atom is -0.355 e. The molecule has 0 spiro atoms. The van der Waals surface area contributed by atoms with Gasteiger partial charge in [-0.05, 0) is 25.8 Å². The number of nitrogens with zero attached hydrogens (tertiary/aromatic N) is 3. The molecule has 0 aromatic carbocycles. The van der Waals surface area contributed by atoms with Crippen molar-refractivity contribution in [1.29, 1.82) is 0 Å². The molecule has 0 radical (unpaired) electrons. The highest BCUT2D eigenvalue weighted by atomic mass is 127. The summed E-state index contributed by atoms with van der Waals surface area (Å²) < 4.78 is 0. The third kappa shape index (κ3) is 6.74. The Hall–Kier alpha value is -0.0800. The number of hydrogen-bond acceptors (Lipinski definition) is 3. The van der Waals surface area contributed by atoms with Crippen molar-refractivity contribution in [2.75, 3.05) is 46.8 Å². The van der Waals surface area contributed by atoms with Crippen LogP contribution in [0.15, 0.2) is 4.99 Å². The van der Waals surface area contributed by atoms with Gasteiger partial charge in [-0.25, -0.2) is 0 Å². The fourth-order valence-electron chi connectivity index (χ4n) is 3.60. The number of nitrogens with one attached hydrogen (secondary N) is 2. The van der Waals surface area contributed by atoms with E-state index in [0.29, 0.717) is 18.0 Å². The fourth-order valence-corrected chi connectivity index (χ4v) is 3.60. The molecule has 6 heteroatoms. The molecule has 1 aliphatic heterocycles. The summed E-state index contributed by atoms with van der Waals surface area (Å²) in [5.41, 5.74) is 0. The second-order valence-corrected chi connectivity index (χ2v) is 7.23. The number of piperazine rings is 1. The van der Waals surface area contributed by atoms with E-state index < -0.39 is 0 Å². The number of halogens is 1. The van der Waals surface area contributed by atoms with Gasteiger partial charge in [-0.2, -0.15) is 0 Å². The molecule has 1 saturated heterocycles. The molecular weight excluding hydrogens is 401 g/mol. The smallest absolute Gasteiger partial charge is 0.191 e. The lowest BCUT2D eigenvalue weighted by Crippen LogP contribution is -2.55. The lowest BCUT2D eigenvalue weighted by molar-refractivity contribution is 0.0899. The molecule has 2 aliphatic rings. The molecule has 136 valence electrons. The van der Waals surface area contributed by atoms with Gasteiger partial charge < -0.3 is 15.5 Å². The predicted molar refractivity (Wildman–Crippen MR) is 110 cm³/mol. The van der Waals surface area contributed by atoms with Crippen LogP contribution in [0, 0.1) is 5.92 Å². The zero-order chi connectivity index (χ0) is 15.9. The van der Waals surface area contributed by atoms with Crippen molar-refractivity contribution in [3.63, 3.8) is 0 Å². The second kappa shape index (κ2) is 10.7. The van der Waals surface area contributed by atoms with Gasteiger partial charge in [0, 0.05) is 51.9 Å². The Balaban J connectivity index is 0.00000264. The molecular formula is C17H36IN5. The molecule has 0 amide bonds. The Morgan fingerprint density at radius 3 is 2.26 bits per heavy atom. The van der Waals surface area contributed by atoms with E-state index in [1.54, 1.807) is 0 Å². The molecule has 1 saturated carbocycles. The summed E-state index contributed by atoms with van der Waals surface area (Å²) >= 11 is 0. The first-order chi connectivity index (χ1) is 10.6. The van der Waals surface area contributed by atoms with E-state index in [-0.39, 0.29) is 24.0 Å². The van der Waals surface area contributed by atoms with Crippen LogP contribution in [0.3, 0.4) is 0 Å². The Kier molecular flexibility index (Phi) is 9.77. The third-order valence-electron chi connectivity index (χ3n) is 5.17. The summed E-state index contributed by atoms with van der Waals surface area (Å²) in [7, 11) is 4.10. The Morgan fingerprint density at radius 2 is 1.74 bits per heavy atom. The quantitative estimate of drug-likeness (QED) is 0.392. The Morgan fingerprint density at radius 1 is 1.13 bits per heavy atom. The zero-order valence-corrected chi connectivity index (χ0v) is 17.7. The van der Waals surface area contributed by atoms with E-state index in [9.17, 15) is 0 Å². The van der Waals surface area contributed by atoms with Gasteiger partial charge in [0.25, 0.3) is 0 Å². The molecule has 1 heterocycles. The van der Waals surface area contributed by atoms with Crippen LogP contribution in [-0.4, -0.2) is 74.7 Å². The molecule has 2 fully saturated rings. The van der Waals surface area contributed by atoms with Crippen LogP contribution >= 0.6 is 24.0 Å². The van der Waals surface area contributed by atoms with Crippen molar-refractivity contribution < 1.29 is 0 Å². The van der Waals surface area contributed by atoms with Crippen molar-refractivity contribution in [1.82, 2.24) is 20.4 Å². The third-order valence-corrected chi connectivity index (χ3v) is 5.17. The maximum Gasteiger partial charge on any atom is 0.191 e. The van der Waals surface area contributed by atoms with Gasteiger partial charge in [0.2, 0.25) is 0 Å². The van der Waals surface area contributed by atoms with Crippen LogP contribution < -0.4 is 10.6 Å². The molecule has 1 aliphatic carbocycles. The van der Waals surface area contributed by atoms with Gasteiger partial charge >= 0.3 is 0 Å². The van der Waals surface area contributed by atoms with Crippen LogP contribution in [0.25, 0.3) is 0 Å². The number of guanidine groups is 1. The minimum atomic E-state index is 0. The highest BCUT2D eigenvalue weighted by molar-refractivity contribution is 14.0. The van der Waals surface area contributed by atoms with E-state index in [4.69, 9.17) is 0 Å². The fraction of sp³-hybridized carbons (Fsp3) is 0.941. The molecule has 0 aromatic heterocycles. The summed E-state index contributed by atoms with van der Waals surface area (Å²) in [5.74, 6) is 1.63. The van der Waals surface area contributed by atoms with Crippen LogP contribution in [0.4, 0.5) is 0 Å². The largest absolute Gasteiger partial charge is 0.355 e. The van der Waals surface area contributed by atoms with E-state index in [1.165, 1.54) is 51.9 Å². The van der Waals surface area contributed by atoms with E-state index in [2.05, 4.69) is 46.3 Å². The standard InChI is InChI=1S/C17H35N5.HI/c1-14(2)16(22-11-9-21(4)10-12-22)13-19-17(18-3)20-15-7-5-6-8-15;/h14-16H,5-13H2,1-4H3,(H2,18,19,20);1H. The highest BCUT2D eigenvalue weighted by Crippen LogP contribution is 2.17. The Bertz CT molecular complexity index is 347. The van der Waals surface area contributed by atoms with Crippen molar-refractivity contribution in [3.8, 4) is 0 Å². The maximum absolute atomic E-state index is 4.41. The molecule has 5 nitrogen and oxygen atoms in total. The van der Waals surface area contributed by atoms with Crippen molar-refractivity contribution in [2.45, 2.75) is 51.6 Å². The van der Waals surface area contributed by atoms with Crippen LogP contribution in [0.2, 0.25) is 0 Å². The molecule has 1 unspecified atom stereocenters.